The van der Waals surface area contributed by atoms with Crippen molar-refractivity contribution in [1.82, 2.24) is 0 Å². The van der Waals surface area contributed by atoms with Gasteiger partial charge in [-0.15, -0.1) is 0 Å². The van der Waals surface area contributed by atoms with Crippen LogP contribution in [0.15, 0.2) is 46.9 Å². The maximum absolute atomic E-state index is 11.0. The third kappa shape index (κ3) is 5.06. The third-order valence-corrected chi connectivity index (χ3v) is 3.60. The largest absolute Gasteiger partial charge is 0.377 e. The first-order valence-electron chi connectivity index (χ1n) is 6.85. The van der Waals surface area contributed by atoms with Gasteiger partial charge in [-0.25, -0.2) is 0 Å². The van der Waals surface area contributed by atoms with E-state index in [9.17, 15) is 10.1 Å². The summed E-state index contributed by atoms with van der Waals surface area (Å²) < 4.78 is 6.54. The summed E-state index contributed by atoms with van der Waals surface area (Å²) in [6, 6.07) is 14.0. The number of ether oxygens (including phenoxy) is 1. The van der Waals surface area contributed by atoms with Crippen molar-refractivity contribution >= 4 is 27.3 Å². The Morgan fingerprint density at radius 2 is 2.00 bits per heavy atom. The summed E-state index contributed by atoms with van der Waals surface area (Å²) in [5, 5.41) is 22.8. The predicted octanol–water partition coefficient (Wildman–Crippen LogP) is 3.86. The van der Waals surface area contributed by atoms with Crippen LogP contribution in [0.5, 0.6) is 0 Å². The fraction of sp³-hybridized carbons (Fsp3) is 0.188. The van der Waals surface area contributed by atoms with E-state index in [2.05, 4.69) is 21.2 Å². The molecular weight excluding hydrogens is 362 g/mol. The van der Waals surface area contributed by atoms with Gasteiger partial charge in [0.1, 0.15) is 5.69 Å². The van der Waals surface area contributed by atoms with E-state index in [0.29, 0.717) is 25.4 Å². The van der Waals surface area contributed by atoms with Crippen molar-refractivity contribution in [3.63, 3.8) is 0 Å². The van der Waals surface area contributed by atoms with Gasteiger partial charge in [0.15, 0.2) is 0 Å². The Bertz CT molecular complexity index is 726. The third-order valence-electron chi connectivity index (χ3n) is 3.07. The number of nitro benzene ring substituents is 1. The Hall–Kier alpha value is -2.43. The van der Waals surface area contributed by atoms with Crippen LogP contribution < -0.4 is 5.32 Å². The van der Waals surface area contributed by atoms with Crippen molar-refractivity contribution in [2.45, 2.75) is 6.61 Å². The van der Waals surface area contributed by atoms with Gasteiger partial charge in [-0.1, -0.05) is 28.1 Å². The lowest BCUT2D eigenvalue weighted by atomic mass is 10.2. The van der Waals surface area contributed by atoms with Crippen LogP contribution >= 0.6 is 15.9 Å². The Morgan fingerprint density at radius 1 is 1.26 bits per heavy atom. The zero-order valence-electron chi connectivity index (χ0n) is 12.2. The standard InChI is InChI=1S/C16H14BrN3O3/c17-14-4-1-12(2-5-14)11-23-8-7-19-15-6-3-13(10-18)9-16(15)20(21)22/h1-6,9,19H,7-8,11H2. The Kier molecular flexibility index (Phi) is 6.09. The van der Waals surface area contributed by atoms with E-state index in [4.69, 9.17) is 10.00 Å². The topological polar surface area (TPSA) is 88.2 Å². The van der Waals surface area contributed by atoms with Gasteiger partial charge in [0.2, 0.25) is 0 Å². The molecule has 0 aliphatic rings. The number of hydrogen-bond donors (Lipinski definition) is 1. The Balaban J connectivity index is 1.83. The van der Waals surface area contributed by atoms with E-state index in [1.165, 1.54) is 18.2 Å². The molecule has 2 aromatic carbocycles. The van der Waals surface area contributed by atoms with Gasteiger partial charge >= 0.3 is 0 Å². The fourth-order valence-electron chi connectivity index (χ4n) is 1.93. The SMILES string of the molecule is N#Cc1ccc(NCCOCc2ccc(Br)cc2)c([N+](=O)[O-])c1. The molecule has 1 N–H and O–H groups in total. The number of nitro groups is 1. The summed E-state index contributed by atoms with van der Waals surface area (Å²) in [5.41, 5.74) is 1.57. The zero-order valence-corrected chi connectivity index (χ0v) is 13.7. The molecule has 2 rings (SSSR count). The number of anilines is 1. The molecule has 0 aromatic heterocycles. The lowest BCUT2D eigenvalue weighted by Gasteiger charge is -2.08. The number of benzene rings is 2. The van der Waals surface area contributed by atoms with Gasteiger partial charge < -0.3 is 10.1 Å². The van der Waals surface area contributed by atoms with Gasteiger partial charge in [0.05, 0.1) is 29.8 Å². The molecule has 0 spiro atoms. The molecule has 0 radical (unpaired) electrons. The van der Waals surface area contributed by atoms with Gasteiger partial charge in [0, 0.05) is 17.1 Å². The second-order valence-electron chi connectivity index (χ2n) is 4.71. The number of rotatable bonds is 7. The maximum Gasteiger partial charge on any atom is 0.293 e. The van der Waals surface area contributed by atoms with Crippen LogP contribution in [0.4, 0.5) is 11.4 Å². The molecule has 0 aliphatic heterocycles. The predicted molar refractivity (Wildman–Crippen MR) is 90.1 cm³/mol. The van der Waals surface area contributed by atoms with Crippen LogP contribution in [0.1, 0.15) is 11.1 Å². The number of hydrogen-bond acceptors (Lipinski definition) is 5. The Labute approximate surface area is 142 Å². The summed E-state index contributed by atoms with van der Waals surface area (Å²) in [4.78, 5) is 10.5. The molecule has 6 nitrogen and oxygen atoms in total. The first kappa shape index (κ1) is 16.9. The first-order valence-corrected chi connectivity index (χ1v) is 7.64. The fourth-order valence-corrected chi connectivity index (χ4v) is 2.19. The molecule has 0 unspecified atom stereocenters. The average Bonchev–Trinajstić information content (AvgIpc) is 2.56. The molecule has 118 valence electrons. The van der Waals surface area contributed by atoms with Crippen LogP contribution in [-0.4, -0.2) is 18.1 Å². The minimum Gasteiger partial charge on any atom is -0.377 e. The summed E-state index contributed by atoms with van der Waals surface area (Å²) in [7, 11) is 0. The normalized spacial score (nSPS) is 10.1. The van der Waals surface area contributed by atoms with E-state index < -0.39 is 4.92 Å². The van der Waals surface area contributed by atoms with Crippen molar-refractivity contribution in [2.75, 3.05) is 18.5 Å². The number of nitrogens with zero attached hydrogens (tertiary/aromatic N) is 2. The van der Waals surface area contributed by atoms with Crippen molar-refractivity contribution in [2.24, 2.45) is 0 Å². The smallest absolute Gasteiger partial charge is 0.293 e. The highest BCUT2D eigenvalue weighted by atomic mass is 79.9. The lowest BCUT2D eigenvalue weighted by molar-refractivity contribution is -0.384. The van der Waals surface area contributed by atoms with Crippen molar-refractivity contribution < 1.29 is 9.66 Å². The van der Waals surface area contributed by atoms with Gasteiger partial charge in [-0.2, -0.15) is 5.26 Å². The zero-order chi connectivity index (χ0) is 16.7. The van der Waals surface area contributed by atoms with Crippen LogP contribution in [0.2, 0.25) is 0 Å². The Morgan fingerprint density at radius 3 is 2.65 bits per heavy atom. The van der Waals surface area contributed by atoms with Crippen LogP contribution in [0.25, 0.3) is 0 Å². The lowest BCUT2D eigenvalue weighted by Crippen LogP contribution is -2.10. The second-order valence-corrected chi connectivity index (χ2v) is 5.62. The number of nitrogens with one attached hydrogen (secondary N) is 1. The van der Waals surface area contributed by atoms with Gasteiger partial charge in [0.25, 0.3) is 5.69 Å². The van der Waals surface area contributed by atoms with E-state index >= 15 is 0 Å². The highest BCUT2D eigenvalue weighted by Crippen LogP contribution is 2.25. The minimum atomic E-state index is -0.508. The summed E-state index contributed by atoms with van der Waals surface area (Å²) in [5.74, 6) is 0. The molecule has 0 saturated heterocycles. The van der Waals surface area contributed by atoms with E-state index in [1.807, 2.05) is 30.3 Å². The summed E-state index contributed by atoms with van der Waals surface area (Å²) >= 11 is 3.37. The highest BCUT2D eigenvalue weighted by molar-refractivity contribution is 9.10. The molecule has 0 aliphatic carbocycles. The minimum absolute atomic E-state index is 0.114. The molecule has 0 fully saturated rings. The maximum atomic E-state index is 11.0. The van der Waals surface area contributed by atoms with Crippen molar-refractivity contribution in [3.8, 4) is 6.07 Å². The summed E-state index contributed by atoms with van der Waals surface area (Å²) in [6.07, 6.45) is 0. The molecule has 0 amide bonds. The second kappa shape index (κ2) is 8.27. The molecule has 2 aromatic rings. The van der Waals surface area contributed by atoms with Crippen molar-refractivity contribution in [3.05, 3.63) is 68.2 Å². The van der Waals surface area contributed by atoms with Crippen LogP contribution in [0, 0.1) is 21.4 Å². The molecule has 7 heteroatoms. The molecule has 0 atom stereocenters. The number of nitriles is 1. The molecule has 0 bridgehead atoms. The van der Waals surface area contributed by atoms with E-state index in [0.717, 1.165) is 10.0 Å². The molecule has 0 saturated carbocycles. The van der Waals surface area contributed by atoms with E-state index in [1.54, 1.807) is 0 Å². The molecule has 23 heavy (non-hydrogen) atoms. The average molecular weight is 376 g/mol. The molecular formula is C16H14BrN3O3. The molecule has 0 heterocycles. The quantitative estimate of drug-likeness (QED) is 0.450. The van der Waals surface area contributed by atoms with Gasteiger partial charge in [-0.05, 0) is 29.8 Å². The monoisotopic (exact) mass is 375 g/mol. The first-order chi connectivity index (χ1) is 11.1. The highest BCUT2D eigenvalue weighted by Gasteiger charge is 2.14. The summed E-state index contributed by atoms with van der Waals surface area (Å²) in [6.45, 7) is 1.32. The van der Waals surface area contributed by atoms with Crippen LogP contribution in [0.3, 0.4) is 0 Å². The van der Waals surface area contributed by atoms with E-state index in [-0.39, 0.29) is 11.3 Å². The van der Waals surface area contributed by atoms with Gasteiger partial charge in [-0.3, -0.25) is 10.1 Å². The van der Waals surface area contributed by atoms with Crippen molar-refractivity contribution in [1.29, 1.82) is 5.26 Å². The number of halogens is 1. The van der Waals surface area contributed by atoms with Crippen LogP contribution in [-0.2, 0) is 11.3 Å².